The van der Waals surface area contributed by atoms with Crippen molar-refractivity contribution in [2.75, 3.05) is 0 Å². The van der Waals surface area contributed by atoms with E-state index in [1.54, 1.807) is 0 Å². The van der Waals surface area contributed by atoms with Crippen molar-refractivity contribution in [3.8, 4) is 0 Å². The maximum atomic E-state index is 11.6. The van der Waals surface area contributed by atoms with Crippen LogP contribution in [0.25, 0.3) is 0 Å². The molecule has 0 spiro atoms. The Kier molecular flexibility index (Phi) is 3.11. The molecule has 2 aromatic carbocycles. The molecule has 1 aliphatic heterocycles. The summed E-state index contributed by atoms with van der Waals surface area (Å²) in [5, 5.41) is 4.26. The Bertz CT molecular complexity index is 605. The molecule has 1 amide bonds. The summed E-state index contributed by atoms with van der Waals surface area (Å²) in [5.41, 5.74) is 5.68. The monoisotopic (exact) mass is 250 g/mol. The number of amides is 1. The molecule has 0 saturated heterocycles. The number of carbonyl (C=O) groups excluding carboxylic acids is 1. The average Bonchev–Trinajstić information content (AvgIpc) is 2.49. The van der Waals surface area contributed by atoms with E-state index in [4.69, 9.17) is 0 Å². The number of rotatable bonds is 2. The number of hydrogen-bond acceptors (Lipinski definition) is 2. The van der Waals surface area contributed by atoms with E-state index >= 15 is 0 Å². The van der Waals surface area contributed by atoms with E-state index < -0.39 is 0 Å². The topological polar surface area (TPSA) is 41.5 Å². The molecule has 3 rings (SSSR count). The van der Waals surface area contributed by atoms with Gasteiger partial charge in [0.15, 0.2) is 0 Å². The zero-order valence-electron chi connectivity index (χ0n) is 10.4. The van der Waals surface area contributed by atoms with Crippen molar-refractivity contribution in [3.05, 3.63) is 71.8 Å². The van der Waals surface area contributed by atoms with Gasteiger partial charge in [-0.2, -0.15) is 5.10 Å². The van der Waals surface area contributed by atoms with Crippen molar-refractivity contribution in [1.29, 1.82) is 0 Å². The van der Waals surface area contributed by atoms with Gasteiger partial charge in [0.2, 0.25) is 5.91 Å². The van der Waals surface area contributed by atoms with Crippen molar-refractivity contribution in [2.45, 2.75) is 12.3 Å². The van der Waals surface area contributed by atoms with Crippen molar-refractivity contribution >= 4 is 11.6 Å². The Morgan fingerprint density at radius 2 is 1.58 bits per heavy atom. The first kappa shape index (κ1) is 11.7. The number of nitrogens with one attached hydrogen (secondary N) is 1. The van der Waals surface area contributed by atoms with Gasteiger partial charge >= 0.3 is 0 Å². The van der Waals surface area contributed by atoms with Gasteiger partial charge < -0.3 is 0 Å². The Morgan fingerprint density at radius 3 is 2.26 bits per heavy atom. The van der Waals surface area contributed by atoms with E-state index in [2.05, 4.69) is 10.5 Å². The number of benzene rings is 2. The van der Waals surface area contributed by atoms with Gasteiger partial charge in [-0.25, -0.2) is 5.43 Å². The first-order chi connectivity index (χ1) is 9.34. The second-order valence-corrected chi connectivity index (χ2v) is 4.57. The normalized spacial score (nSPS) is 18.6. The number of carbonyl (C=O) groups is 1. The van der Waals surface area contributed by atoms with E-state index in [-0.39, 0.29) is 11.8 Å². The molecule has 2 aromatic rings. The summed E-state index contributed by atoms with van der Waals surface area (Å²) < 4.78 is 0. The van der Waals surface area contributed by atoms with Crippen LogP contribution in [0.15, 0.2) is 65.8 Å². The fourth-order valence-corrected chi connectivity index (χ4v) is 2.36. The number of hydrazone groups is 1. The lowest BCUT2D eigenvalue weighted by Gasteiger charge is -2.23. The highest BCUT2D eigenvalue weighted by Crippen LogP contribution is 2.27. The molecule has 0 bridgehead atoms. The molecule has 1 aliphatic rings. The fraction of sp³-hybridized carbons (Fsp3) is 0.125. The molecule has 0 radical (unpaired) electrons. The van der Waals surface area contributed by atoms with Gasteiger partial charge in [-0.3, -0.25) is 4.79 Å². The summed E-state index contributed by atoms with van der Waals surface area (Å²) in [4.78, 5) is 11.6. The summed E-state index contributed by atoms with van der Waals surface area (Å²) in [6.07, 6.45) is 0.442. The van der Waals surface area contributed by atoms with Gasteiger partial charge in [-0.1, -0.05) is 60.7 Å². The predicted molar refractivity (Wildman–Crippen MR) is 74.9 cm³/mol. The van der Waals surface area contributed by atoms with Crippen LogP contribution in [0.4, 0.5) is 0 Å². The predicted octanol–water partition coefficient (Wildman–Crippen LogP) is 2.69. The SMILES string of the molecule is O=C1C[C@@H](c2ccccc2)C(c2ccccc2)=NN1. The van der Waals surface area contributed by atoms with Gasteiger partial charge in [-0.15, -0.1) is 0 Å². The van der Waals surface area contributed by atoms with Crippen LogP contribution in [-0.4, -0.2) is 11.6 Å². The quantitative estimate of drug-likeness (QED) is 0.874. The zero-order chi connectivity index (χ0) is 13.1. The Labute approximate surface area is 112 Å². The van der Waals surface area contributed by atoms with Crippen LogP contribution in [0, 0.1) is 0 Å². The van der Waals surface area contributed by atoms with Crippen LogP contribution in [0.5, 0.6) is 0 Å². The summed E-state index contributed by atoms with van der Waals surface area (Å²) >= 11 is 0. The third-order valence-electron chi connectivity index (χ3n) is 3.29. The molecule has 19 heavy (non-hydrogen) atoms. The lowest BCUT2D eigenvalue weighted by atomic mass is 9.86. The van der Waals surface area contributed by atoms with Crippen molar-refractivity contribution in [3.63, 3.8) is 0 Å². The minimum absolute atomic E-state index is 0.0253. The molecule has 0 saturated carbocycles. The molecular formula is C16H14N2O. The van der Waals surface area contributed by atoms with Crippen molar-refractivity contribution < 1.29 is 4.79 Å². The van der Waals surface area contributed by atoms with E-state index in [1.807, 2.05) is 60.7 Å². The molecule has 1 N–H and O–H groups in total. The Morgan fingerprint density at radius 1 is 0.947 bits per heavy atom. The van der Waals surface area contributed by atoms with Crippen molar-refractivity contribution in [1.82, 2.24) is 5.43 Å². The highest BCUT2D eigenvalue weighted by molar-refractivity contribution is 6.08. The summed E-state index contributed by atoms with van der Waals surface area (Å²) in [6, 6.07) is 20.0. The minimum Gasteiger partial charge on any atom is -0.273 e. The standard InChI is InChI=1S/C16H14N2O/c19-15-11-14(12-7-3-1-4-8-12)16(18-17-15)13-9-5-2-6-10-13/h1-10,14H,11H2,(H,17,19)/t14-/m0/s1. The molecule has 3 heteroatoms. The third kappa shape index (κ3) is 2.40. The molecule has 0 fully saturated rings. The molecule has 0 unspecified atom stereocenters. The van der Waals surface area contributed by atoms with Gasteiger partial charge in [0.1, 0.15) is 0 Å². The second-order valence-electron chi connectivity index (χ2n) is 4.57. The highest BCUT2D eigenvalue weighted by atomic mass is 16.2. The summed E-state index contributed by atoms with van der Waals surface area (Å²) in [6.45, 7) is 0. The van der Waals surface area contributed by atoms with Crippen LogP contribution < -0.4 is 5.43 Å². The largest absolute Gasteiger partial charge is 0.273 e. The maximum absolute atomic E-state index is 11.6. The van der Waals surface area contributed by atoms with Gasteiger partial charge in [0, 0.05) is 12.3 Å². The van der Waals surface area contributed by atoms with Crippen LogP contribution in [0.2, 0.25) is 0 Å². The number of hydrogen-bond donors (Lipinski definition) is 1. The highest BCUT2D eigenvalue weighted by Gasteiger charge is 2.26. The van der Waals surface area contributed by atoms with E-state index in [1.165, 1.54) is 0 Å². The van der Waals surface area contributed by atoms with Gasteiger partial charge in [0.05, 0.1) is 5.71 Å². The molecule has 94 valence electrons. The van der Waals surface area contributed by atoms with Gasteiger partial charge in [0.25, 0.3) is 0 Å². The summed E-state index contributed by atoms with van der Waals surface area (Å²) in [5.74, 6) is -0.00844. The molecular weight excluding hydrogens is 236 g/mol. The first-order valence-corrected chi connectivity index (χ1v) is 6.31. The zero-order valence-corrected chi connectivity index (χ0v) is 10.4. The lowest BCUT2D eigenvalue weighted by Crippen LogP contribution is -2.32. The van der Waals surface area contributed by atoms with E-state index in [0.717, 1.165) is 16.8 Å². The maximum Gasteiger partial charge on any atom is 0.241 e. The molecule has 1 atom stereocenters. The van der Waals surface area contributed by atoms with E-state index in [0.29, 0.717) is 6.42 Å². The van der Waals surface area contributed by atoms with Crippen LogP contribution in [-0.2, 0) is 4.79 Å². The smallest absolute Gasteiger partial charge is 0.241 e. The minimum atomic E-state index is -0.0338. The molecule has 1 heterocycles. The van der Waals surface area contributed by atoms with Gasteiger partial charge in [-0.05, 0) is 11.1 Å². The molecule has 3 nitrogen and oxygen atoms in total. The molecule has 0 aliphatic carbocycles. The average molecular weight is 250 g/mol. The Balaban J connectivity index is 2.03. The van der Waals surface area contributed by atoms with Crippen LogP contribution >= 0.6 is 0 Å². The van der Waals surface area contributed by atoms with Crippen LogP contribution in [0.3, 0.4) is 0 Å². The Hall–Kier alpha value is -2.42. The second kappa shape index (κ2) is 5.06. The third-order valence-corrected chi connectivity index (χ3v) is 3.29. The van der Waals surface area contributed by atoms with Crippen LogP contribution in [0.1, 0.15) is 23.5 Å². The molecule has 0 aromatic heterocycles. The lowest BCUT2D eigenvalue weighted by molar-refractivity contribution is -0.121. The first-order valence-electron chi connectivity index (χ1n) is 6.31. The summed E-state index contributed by atoms with van der Waals surface area (Å²) in [7, 11) is 0. The van der Waals surface area contributed by atoms with E-state index in [9.17, 15) is 4.79 Å². The van der Waals surface area contributed by atoms with Crippen molar-refractivity contribution in [2.24, 2.45) is 5.10 Å². The fourth-order valence-electron chi connectivity index (χ4n) is 2.36. The number of nitrogens with zero attached hydrogens (tertiary/aromatic N) is 1.